The maximum atomic E-state index is 9.96. The molecule has 5 heterocycles. The van der Waals surface area contributed by atoms with Gasteiger partial charge in [0.05, 0.1) is 35.9 Å². The van der Waals surface area contributed by atoms with Gasteiger partial charge in [-0.2, -0.15) is 0 Å². The molecular weight excluding hydrogens is 778 g/mol. The van der Waals surface area contributed by atoms with Crippen LogP contribution < -0.4 is 54.1 Å². The van der Waals surface area contributed by atoms with Gasteiger partial charge in [0.2, 0.25) is 0 Å². The van der Waals surface area contributed by atoms with Crippen LogP contribution in [0, 0.1) is 0 Å². The summed E-state index contributed by atoms with van der Waals surface area (Å²) in [6, 6.07) is 51.4. The van der Waals surface area contributed by atoms with Gasteiger partial charge in [0.25, 0.3) is 0 Å². The van der Waals surface area contributed by atoms with Crippen molar-refractivity contribution in [1.82, 2.24) is 19.9 Å². The summed E-state index contributed by atoms with van der Waals surface area (Å²) in [6.07, 6.45) is 6.09. The average Bonchev–Trinajstić information content (AvgIpc) is 4.17. The van der Waals surface area contributed by atoms with Gasteiger partial charge in [-0.1, -0.05) is 139 Å². The smallest absolute Gasteiger partial charge is 0.693 e. The standard InChI is InChI=1S/2C13H14N2O.C8H8O.C5H6N2.C5H5N2.2CH3F.2Li.H2N/c2*16-12(11-6-2-1-3-7-11)10-15-13-8-4-5-9-14-13;1-2-4-7(5-3-1)8-6-9-8;2*6-5-3-1-2-4-7-5;2*1-2;;;/h2*1-9,12,16H,10H2,(H,14,15);1-5,8H,6H2;1-4H,(H2,6,7);1-4H,(H-,6,7);2*1H3;;;1H2/q;;;;-1;;;2*+1;-1/t2*12-;8-;;;;;;;/m000......./s1/i;;;;;2*1D;;;. The van der Waals surface area contributed by atoms with Gasteiger partial charge in [0, 0.05) is 31.7 Å². The number of nitrogens with one attached hydrogen (secondary N) is 3. The number of benzene rings is 3. The Labute approximate surface area is 391 Å². The van der Waals surface area contributed by atoms with Gasteiger partial charge in [-0.3, -0.25) is 8.78 Å². The van der Waals surface area contributed by atoms with E-state index in [1.165, 1.54) is 5.56 Å². The van der Waals surface area contributed by atoms with Crippen LogP contribution in [0.2, 0.25) is 0 Å². The van der Waals surface area contributed by atoms with E-state index in [2.05, 4.69) is 42.7 Å². The van der Waals surface area contributed by atoms with Crippen LogP contribution in [-0.4, -0.2) is 64.2 Å². The molecule has 0 aliphatic carbocycles. The van der Waals surface area contributed by atoms with Crippen LogP contribution in [0.25, 0.3) is 11.9 Å². The van der Waals surface area contributed by atoms with E-state index in [4.69, 9.17) is 18.9 Å². The Hall–Kier alpha value is -5.65. The second-order valence-electron chi connectivity index (χ2n) is 11.7. The van der Waals surface area contributed by atoms with Crippen molar-refractivity contribution in [2.45, 2.75) is 18.3 Å². The number of aliphatic hydroxyl groups excluding tert-OH is 2. The monoisotopic (exact) mass is 835 g/mol. The van der Waals surface area contributed by atoms with Crippen molar-refractivity contribution < 1.29 is 64.2 Å². The molecule has 1 fully saturated rings. The number of epoxide rings is 1. The molecule has 3 aromatic carbocycles. The number of aromatic nitrogens is 4. The molecule has 3 atom stereocenters. The van der Waals surface area contributed by atoms with E-state index in [1.807, 2.05) is 127 Å². The van der Waals surface area contributed by atoms with E-state index < -0.39 is 26.5 Å². The number of hydrogen-bond donors (Lipinski definition) is 5. The molecule has 0 amide bonds. The summed E-state index contributed by atoms with van der Waals surface area (Å²) in [4.78, 5) is 15.6. The van der Waals surface area contributed by atoms with Gasteiger partial charge >= 0.3 is 37.7 Å². The van der Waals surface area contributed by atoms with Crippen molar-refractivity contribution in [3.05, 3.63) is 217 Å². The number of pyridine rings is 4. The fraction of sp³-hybridized carbons (Fsp3) is 0.174. The molecule has 1 aliphatic heterocycles. The van der Waals surface area contributed by atoms with Crippen molar-refractivity contribution in [1.29, 1.82) is 0 Å². The fourth-order valence-electron chi connectivity index (χ4n) is 4.57. The second-order valence-corrected chi connectivity index (χ2v) is 11.7. The van der Waals surface area contributed by atoms with Crippen molar-refractivity contribution in [3.63, 3.8) is 0 Å². The Balaban J connectivity index is 0. The number of halogens is 2. The first-order chi connectivity index (χ1) is 29.8. The van der Waals surface area contributed by atoms with Crippen LogP contribution in [0.3, 0.4) is 0 Å². The third-order valence-electron chi connectivity index (χ3n) is 7.51. The number of rotatable bonds is 9. The zero-order chi connectivity index (χ0) is 44.2. The molecule has 62 heavy (non-hydrogen) atoms. The van der Waals surface area contributed by atoms with Crippen LogP contribution in [0.15, 0.2) is 189 Å². The molecule has 1 saturated heterocycles. The van der Waals surface area contributed by atoms with Crippen LogP contribution in [0.4, 0.5) is 32.1 Å². The average molecular weight is 836 g/mol. The molecule has 12 nitrogen and oxygen atoms in total. The van der Waals surface area contributed by atoms with Crippen LogP contribution in [-0.2, 0) is 4.74 Å². The third-order valence-corrected chi connectivity index (χ3v) is 7.51. The van der Waals surface area contributed by atoms with Crippen molar-refractivity contribution >= 4 is 23.3 Å². The molecule has 0 saturated carbocycles. The number of aliphatic hydroxyl groups is 2. The molecule has 4 aromatic heterocycles. The summed E-state index contributed by atoms with van der Waals surface area (Å²) in [5.74, 6) is 2.44. The molecule has 1 aliphatic rings. The van der Waals surface area contributed by atoms with Gasteiger partial charge < -0.3 is 48.2 Å². The number of alkyl halides is 2. The number of nitrogen functional groups attached to an aromatic ring is 1. The largest absolute Gasteiger partial charge is 1.00 e. The molecule has 16 heteroatoms. The van der Waals surface area contributed by atoms with Gasteiger partial charge in [-0.25, -0.2) is 15.0 Å². The van der Waals surface area contributed by atoms with E-state index in [0.717, 1.165) is 29.4 Å². The first-order valence-corrected chi connectivity index (χ1v) is 18.2. The van der Waals surface area contributed by atoms with Gasteiger partial charge in [0.1, 0.15) is 23.6 Å². The molecular formula is C46H55F2Li2N9O3. The Morgan fingerprint density at radius 2 is 0.968 bits per heavy atom. The minimum Gasteiger partial charge on any atom is -0.693 e. The van der Waals surface area contributed by atoms with Gasteiger partial charge in [-0.05, 0) is 53.1 Å². The molecule has 0 bridgehead atoms. The maximum Gasteiger partial charge on any atom is 1.00 e. The molecule has 0 spiro atoms. The molecule has 8 rings (SSSR count). The van der Waals surface area contributed by atoms with Crippen molar-refractivity contribution in [2.24, 2.45) is 0 Å². The third kappa shape index (κ3) is 27.2. The predicted molar refractivity (Wildman–Crippen MR) is 240 cm³/mol. The molecule has 0 unspecified atom stereocenters. The summed E-state index contributed by atoms with van der Waals surface area (Å²) in [5, 5.41) is 25.9. The number of anilines is 3. The summed E-state index contributed by atoms with van der Waals surface area (Å²) < 4.78 is 36.1. The van der Waals surface area contributed by atoms with E-state index in [1.54, 1.807) is 49.1 Å². The minimum atomic E-state index is -1.00. The number of ether oxygens (including phenoxy) is 1. The van der Waals surface area contributed by atoms with Crippen LogP contribution in [0.1, 0.15) is 37.7 Å². The van der Waals surface area contributed by atoms with Crippen LogP contribution >= 0.6 is 0 Å². The topological polar surface area (TPSA) is 212 Å². The summed E-state index contributed by atoms with van der Waals surface area (Å²) in [6.45, 7) is 1.83. The van der Waals surface area contributed by atoms with Crippen molar-refractivity contribution in [2.75, 3.05) is 50.4 Å². The zero-order valence-corrected chi connectivity index (χ0v) is 35.2. The van der Waals surface area contributed by atoms with E-state index in [0.29, 0.717) is 30.8 Å². The first-order valence-electron chi connectivity index (χ1n) is 19.6. The first kappa shape index (κ1) is 54.4. The summed E-state index contributed by atoms with van der Waals surface area (Å²) in [7, 11) is -2.00. The van der Waals surface area contributed by atoms with Gasteiger partial charge in [-0.15, -0.1) is 0 Å². The number of nitrogens with two attached hydrogens (primary N) is 2. The molecule has 0 radical (unpaired) electrons. The van der Waals surface area contributed by atoms with Crippen molar-refractivity contribution in [3.8, 4) is 0 Å². The van der Waals surface area contributed by atoms with E-state index >= 15 is 0 Å². The quantitative estimate of drug-likeness (QED) is 0.101. The normalized spacial score (nSPS) is 12.2. The predicted octanol–water partition coefficient (Wildman–Crippen LogP) is 4.54. The van der Waals surface area contributed by atoms with Gasteiger partial charge in [0.15, 0.2) is 0 Å². The summed E-state index contributed by atoms with van der Waals surface area (Å²) in [5.41, 5.74) is 15.3. The SMILES string of the molecule is Nc1ccccn1.O[C@@H](CNc1ccccn1)c1ccccc1.O[C@@H](CNc1ccccn1)c1ccccc1.[2H]CF.[2H]CF.[Li+].[Li+].[NH-]c1ccccn1.[NH2-].c1ccc([C@@H]2CO2)cc1. The fourth-order valence-corrected chi connectivity index (χ4v) is 4.57. The Morgan fingerprint density at radius 3 is 1.24 bits per heavy atom. The second kappa shape index (κ2) is 38.3. The minimum absolute atomic E-state index is 0. The summed E-state index contributed by atoms with van der Waals surface area (Å²) >= 11 is 0. The number of nitrogens with zero attached hydrogens (tertiary/aromatic N) is 4. The number of hydrogen-bond acceptors (Lipinski definition) is 10. The zero-order valence-electron chi connectivity index (χ0n) is 37.2. The Morgan fingerprint density at radius 1 is 0.613 bits per heavy atom. The van der Waals surface area contributed by atoms with Crippen LogP contribution in [0.5, 0.6) is 0 Å². The molecule has 9 N–H and O–H groups in total. The maximum absolute atomic E-state index is 9.96. The van der Waals surface area contributed by atoms with E-state index in [9.17, 15) is 19.0 Å². The Bertz CT molecular complexity index is 1900. The Kier molecular flexibility index (Phi) is 33.6. The molecule has 318 valence electrons. The van der Waals surface area contributed by atoms with E-state index in [-0.39, 0.29) is 43.9 Å². The molecule has 7 aromatic rings.